The van der Waals surface area contributed by atoms with E-state index in [1.165, 1.54) is 6.20 Å². The van der Waals surface area contributed by atoms with Crippen LogP contribution in [0, 0.1) is 11.8 Å². The monoisotopic (exact) mass is 305 g/mol. The van der Waals surface area contributed by atoms with Gasteiger partial charge in [-0.3, -0.25) is 4.72 Å². The first kappa shape index (κ1) is 15.0. The fourth-order valence-electron chi connectivity index (χ4n) is 1.55. The number of pyridine rings is 1. The predicted octanol–water partition coefficient (Wildman–Crippen LogP) is 0.478. The summed E-state index contributed by atoms with van der Waals surface area (Å²) in [5, 5.41) is -0.000375. The molecule has 0 amide bonds. The van der Waals surface area contributed by atoms with E-state index < -0.39 is 10.0 Å². The molecule has 0 unspecified atom stereocenters. The van der Waals surface area contributed by atoms with Crippen LogP contribution < -0.4 is 10.5 Å². The van der Waals surface area contributed by atoms with Crippen LogP contribution in [0.1, 0.15) is 18.4 Å². The van der Waals surface area contributed by atoms with Crippen molar-refractivity contribution in [1.82, 2.24) is 15.0 Å². The summed E-state index contributed by atoms with van der Waals surface area (Å²) in [4.78, 5) is 10.8. The predicted molar refractivity (Wildman–Crippen MR) is 78.9 cm³/mol. The Balaban J connectivity index is 2.24. The van der Waals surface area contributed by atoms with Gasteiger partial charge in [0.15, 0.2) is 5.03 Å². The summed E-state index contributed by atoms with van der Waals surface area (Å²) in [6.07, 6.45) is 1.90. The van der Waals surface area contributed by atoms with E-state index in [0.29, 0.717) is 17.9 Å². The molecule has 0 bridgehead atoms. The van der Waals surface area contributed by atoms with Crippen molar-refractivity contribution in [1.29, 1.82) is 0 Å². The number of hydrogen-bond acceptors (Lipinski definition) is 5. The number of imidazole rings is 1. The standard InChI is InChI=1S/C13H15N5O2S/c1-2-11-15-9-13(17-11)21(19,20)18-12-7-3-5-10(16-12)6-4-8-14/h3,5,7,9H,2,8,14H2,1H3,(H,15,17)(H,16,18). The zero-order chi connectivity index (χ0) is 15.3. The van der Waals surface area contributed by atoms with E-state index in [-0.39, 0.29) is 17.4 Å². The Hall–Kier alpha value is -2.37. The van der Waals surface area contributed by atoms with Gasteiger partial charge in [0.25, 0.3) is 10.0 Å². The van der Waals surface area contributed by atoms with Crippen LogP contribution in [0.2, 0.25) is 0 Å². The average Bonchev–Trinajstić information content (AvgIpc) is 2.95. The summed E-state index contributed by atoms with van der Waals surface area (Å²) < 4.78 is 26.7. The highest BCUT2D eigenvalue weighted by atomic mass is 32.2. The molecule has 0 aliphatic rings. The molecule has 21 heavy (non-hydrogen) atoms. The third-order valence-corrected chi connectivity index (χ3v) is 3.80. The maximum Gasteiger partial charge on any atom is 0.280 e. The van der Waals surface area contributed by atoms with Crippen LogP contribution in [-0.4, -0.2) is 29.9 Å². The lowest BCUT2D eigenvalue weighted by Crippen LogP contribution is -2.14. The van der Waals surface area contributed by atoms with Crippen LogP contribution in [0.4, 0.5) is 5.82 Å². The van der Waals surface area contributed by atoms with Gasteiger partial charge >= 0.3 is 0 Å². The Morgan fingerprint density at radius 2 is 2.24 bits per heavy atom. The Kier molecular flexibility index (Phi) is 4.57. The van der Waals surface area contributed by atoms with Gasteiger partial charge in [-0.2, -0.15) is 8.42 Å². The van der Waals surface area contributed by atoms with Crippen LogP contribution in [0.25, 0.3) is 0 Å². The van der Waals surface area contributed by atoms with Crippen molar-refractivity contribution in [2.45, 2.75) is 18.4 Å². The van der Waals surface area contributed by atoms with E-state index in [9.17, 15) is 8.42 Å². The average molecular weight is 305 g/mol. The molecule has 2 aromatic heterocycles. The molecule has 4 N–H and O–H groups in total. The molecule has 0 radical (unpaired) electrons. The number of nitrogens with one attached hydrogen (secondary N) is 2. The second kappa shape index (κ2) is 6.39. The first-order chi connectivity index (χ1) is 10.0. The molecule has 7 nitrogen and oxygen atoms in total. The number of aryl methyl sites for hydroxylation is 1. The van der Waals surface area contributed by atoms with Crippen molar-refractivity contribution in [2.24, 2.45) is 5.73 Å². The molecule has 0 fully saturated rings. The van der Waals surface area contributed by atoms with E-state index in [0.717, 1.165) is 0 Å². The molecule has 0 aromatic carbocycles. The van der Waals surface area contributed by atoms with Gasteiger partial charge in [-0.25, -0.2) is 9.97 Å². The summed E-state index contributed by atoms with van der Waals surface area (Å²) in [7, 11) is -3.74. The SMILES string of the molecule is CCc1ncc(S(=O)(=O)Nc2cccc(C#CCN)n2)[nH]1. The molecule has 8 heteroatoms. The van der Waals surface area contributed by atoms with Crippen LogP contribution >= 0.6 is 0 Å². The Bertz CT molecular complexity index is 786. The molecule has 2 aromatic rings. The first-order valence-corrected chi connectivity index (χ1v) is 7.76. The Morgan fingerprint density at radius 1 is 1.43 bits per heavy atom. The van der Waals surface area contributed by atoms with Gasteiger partial charge in [0, 0.05) is 6.42 Å². The van der Waals surface area contributed by atoms with Crippen molar-refractivity contribution in [3.05, 3.63) is 35.9 Å². The van der Waals surface area contributed by atoms with Gasteiger partial charge in [-0.1, -0.05) is 18.9 Å². The molecular weight excluding hydrogens is 290 g/mol. The number of sulfonamides is 1. The zero-order valence-corrected chi connectivity index (χ0v) is 12.2. The van der Waals surface area contributed by atoms with Crippen LogP contribution in [0.5, 0.6) is 0 Å². The van der Waals surface area contributed by atoms with E-state index in [1.807, 2.05) is 6.92 Å². The van der Waals surface area contributed by atoms with E-state index in [4.69, 9.17) is 5.73 Å². The number of anilines is 1. The highest BCUT2D eigenvalue weighted by molar-refractivity contribution is 7.92. The molecule has 110 valence electrons. The summed E-state index contributed by atoms with van der Waals surface area (Å²) in [6.45, 7) is 2.09. The number of nitrogens with two attached hydrogens (primary N) is 1. The second-order valence-electron chi connectivity index (χ2n) is 4.07. The summed E-state index contributed by atoms with van der Waals surface area (Å²) >= 11 is 0. The van der Waals surface area contributed by atoms with Crippen molar-refractivity contribution >= 4 is 15.8 Å². The minimum absolute atomic E-state index is 0.000375. The summed E-state index contributed by atoms with van der Waals surface area (Å²) in [5.74, 6) is 6.19. The van der Waals surface area contributed by atoms with Crippen molar-refractivity contribution in [2.75, 3.05) is 11.3 Å². The van der Waals surface area contributed by atoms with Gasteiger partial charge in [-0.05, 0) is 18.1 Å². The smallest absolute Gasteiger partial charge is 0.280 e. The van der Waals surface area contributed by atoms with Crippen molar-refractivity contribution in [3.8, 4) is 11.8 Å². The Morgan fingerprint density at radius 3 is 2.90 bits per heavy atom. The lowest BCUT2D eigenvalue weighted by atomic mass is 10.3. The molecule has 2 heterocycles. The topological polar surface area (TPSA) is 114 Å². The summed E-state index contributed by atoms with van der Waals surface area (Å²) in [6, 6.07) is 4.88. The van der Waals surface area contributed by atoms with E-state index in [2.05, 4.69) is 31.5 Å². The molecule has 0 spiro atoms. The molecule has 0 saturated carbocycles. The highest BCUT2D eigenvalue weighted by Gasteiger charge is 2.17. The molecular formula is C13H15N5O2S. The molecule has 2 rings (SSSR count). The number of hydrogen-bond donors (Lipinski definition) is 3. The van der Waals surface area contributed by atoms with Gasteiger partial charge in [0.2, 0.25) is 0 Å². The third-order valence-electron chi connectivity index (χ3n) is 2.54. The molecule has 0 aliphatic heterocycles. The first-order valence-electron chi connectivity index (χ1n) is 6.28. The highest BCUT2D eigenvalue weighted by Crippen LogP contribution is 2.13. The maximum absolute atomic E-state index is 12.2. The lowest BCUT2D eigenvalue weighted by molar-refractivity contribution is 0.597. The fraction of sp³-hybridized carbons (Fsp3) is 0.231. The van der Waals surface area contributed by atoms with Crippen LogP contribution in [0.15, 0.2) is 29.4 Å². The third kappa shape index (κ3) is 3.81. The van der Waals surface area contributed by atoms with Crippen LogP contribution in [-0.2, 0) is 16.4 Å². The number of aromatic nitrogens is 3. The quantitative estimate of drug-likeness (QED) is 0.711. The molecule has 0 aliphatic carbocycles. The minimum atomic E-state index is -3.74. The van der Waals surface area contributed by atoms with E-state index in [1.54, 1.807) is 18.2 Å². The van der Waals surface area contributed by atoms with Gasteiger partial charge in [0.1, 0.15) is 17.3 Å². The van der Waals surface area contributed by atoms with Gasteiger partial charge in [-0.15, -0.1) is 0 Å². The molecule has 0 saturated heterocycles. The van der Waals surface area contributed by atoms with Gasteiger partial charge < -0.3 is 10.7 Å². The second-order valence-corrected chi connectivity index (χ2v) is 5.72. The summed E-state index contributed by atoms with van der Waals surface area (Å²) in [5.41, 5.74) is 5.73. The largest absolute Gasteiger partial charge is 0.332 e. The minimum Gasteiger partial charge on any atom is -0.332 e. The number of H-pyrrole nitrogens is 1. The van der Waals surface area contributed by atoms with Crippen LogP contribution in [0.3, 0.4) is 0 Å². The molecule has 0 atom stereocenters. The van der Waals surface area contributed by atoms with Crippen molar-refractivity contribution < 1.29 is 8.42 Å². The van der Waals surface area contributed by atoms with Crippen molar-refractivity contribution in [3.63, 3.8) is 0 Å². The normalized spacial score (nSPS) is 10.8. The number of rotatable bonds is 4. The Labute approximate surface area is 123 Å². The zero-order valence-electron chi connectivity index (χ0n) is 11.4. The maximum atomic E-state index is 12.2. The fourth-order valence-corrected chi connectivity index (χ4v) is 2.50. The number of aromatic amines is 1. The number of nitrogens with zero attached hydrogens (tertiary/aromatic N) is 2. The lowest BCUT2D eigenvalue weighted by Gasteiger charge is -2.05. The van der Waals surface area contributed by atoms with E-state index >= 15 is 0 Å². The van der Waals surface area contributed by atoms with Gasteiger partial charge in [0.05, 0.1) is 12.7 Å².